The molecule has 0 nitrogen and oxygen atoms in total. The van der Waals surface area contributed by atoms with Gasteiger partial charge in [0.15, 0.2) is 0 Å². The van der Waals surface area contributed by atoms with Crippen LogP contribution in [0.25, 0.3) is 21.9 Å². The van der Waals surface area contributed by atoms with E-state index < -0.39 is 20.8 Å². The van der Waals surface area contributed by atoms with Gasteiger partial charge in [0, 0.05) is 0 Å². The molecule has 3 aromatic carbocycles. The van der Waals surface area contributed by atoms with Gasteiger partial charge in [0.25, 0.3) is 0 Å². The molecule has 0 unspecified atom stereocenters. The third-order valence-corrected chi connectivity index (χ3v) is 5.74. The van der Waals surface area contributed by atoms with Gasteiger partial charge in [-0.1, -0.05) is 84.7 Å². The maximum absolute atomic E-state index is 4.93. The number of fused-ring (bicyclic) bond motifs is 1. The number of halogens is 2. The molecule has 0 saturated carbocycles. The Morgan fingerprint density at radius 2 is 1.33 bits per heavy atom. The number of rotatable bonds is 2. The number of hydrogen-bond donors (Lipinski definition) is 0. The van der Waals surface area contributed by atoms with Crippen LogP contribution < -0.4 is 0 Å². The molecule has 3 heteroatoms. The van der Waals surface area contributed by atoms with Gasteiger partial charge in [-0.3, -0.25) is 0 Å². The Bertz CT molecular complexity index is 966. The van der Waals surface area contributed by atoms with E-state index in [1.165, 1.54) is 44.2 Å². The zero-order valence-corrected chi connectivity index (χ0v) is 23.8. The first-order valence-corrected chi connectivity index (χ1v) is 16.9. The topological polar surface area (TPSA) is 0 Å². The molecule has 0 radical (unpaired) electrons. The predicted molar refractivity (Wildman–Crippen MR) is 133 cm³/mol. The van der Waals surface area contributed by atoms with Crippen molar-refractivity contribution in [2.75, 3.05) is 0 Å². The summed E-state index contributed by atoms with van der Waals surface area (Å²) in [7, 11) is 9.87. The van der Waals surface area contributed by atoms with E-state index in [0.717, 1.165) is 0 Å². The summed E-state index contributed by atoms with van der Waals surface area (Å²) < 4.78 is 0. The van der Waals surface area contributed by atoms with Gasteiger partial charge in [0.05, 0.1) is 0 Å². The average molecular weight is 522 g/mol. The number of hydrogen-bond acceptors (Lipinski definition) is 0. The third-order valence-electron chi connectivity index (χ3n) is 5.74. The minimum atomic E-state index is -0.826. The Labute approximate surface area is 202 Å². The molecule has 30 heavy (non-hydrogen) atoms. The van der Waals surface area contributed by atoms with E-state index in [1.807, 2.05) is 0 Å². The quantitative estimate of drug-likeness (QED) is 0.295. The van der Waals surface area contributed by atoms with Crippen molar-refractivity contribution < 1.29 is 20.8 Å². The molecule has 0 heterocycles. The Hall–Kier alpha value is -0.487. The van der Waals surface area contributed by atoms with E-state index in [4.69, 9.17) is 17.0 Å². The van der Waals surface area contributed by atoms with Crippen LogP contribution in [0.2, 0.25) is 0 Å². The van der Waals surface area contributed by atoms with E-state index in [9.17, 15) is 0 Å². The second-order valence-electron chi connectivity index (χ2n) is 10.6. The van der Waals surface area contributed by atoms with Crippen LogP contribution in [0.1, 0.15) is 83.6 Å². The molecule has 0 bridgehead atoms. The van der Waals surface area contributed by atoms with Crippen LogP contribution in [-0.2, 0) is 31.7 Å². The first-order chi connectivity index (χ1) is 13.8. The molecule has 3 rings (SSSR count). The molecule has 0 N–H and O–H groups in total. The van der Waals surface area contributed by atoms with Gasteiger partial charge in [0.2, 0.25) is 0 Å². The monoisotopic (exact) mass is 519 g/mol. The summed E-state index contributed by atoms with van der Waals surface area (Å²) >= 11 is -0.826. The zero-order chi connectivity index (χ0) is 22.9. The van der Waals surface area contributed by atoms with Crippen molar-refractivity contribution in [3.8, 4) is 11.1 Å². The van der Waals surface area contributed by atoms with Gasteiger partial charge >= 0.3 is 37.9 Å². The molecule has 0 aliphatic carbocycles. The molecule has 0 saturated heterocycles. The molecule has 0 aliphatic rings. The zero-order valence-electron chi connectivity index (χ0n) is 19.9. The van der Waals surface area contributed by atoms with Crippen molar-refractivity contribution in [2.45, 2.75) is 79.1 Å². The molecule has 0 spiro atoms. The second kappa shape index (κ2) is 9.98. The van der Waals surface area contributed by atoms with E-state index >= 15 is 0 Å². The average Bonchev–Trinajstić information content (AvgIpc) is 3.05. The molecule has 0 aromatic heterocycles. The van der Waals surface area contributed by atoms with Crippen molar-refractivity contribution in [1.82, 2.24) is 0 Å². The van der Waals surface area contributed by atoms with Crippen LogP contribution in [0, 0.1) is 6.92 Å². The van der Waals surface area contributed by atoms with Crippen molar-refractivity contribution in [3.05, 3.63) is 64.7 Å². The Morgan fingerprint density at radius 3 is 1.77 bits per heavy atom. The van der Waals surface area contributed by atoms with Gasteiger partial charge in [-0.05, 0) is 40.4 Å². The molecule has 3 aromatic rings. The van der Waals surface area contributed by atoms with Gasteiger partial charge in [-0.2, -0.15) is 6.07 Å². The van der Waals surface area contributed by atoms with Crippen LogP contribution in [0.4, 0.5) is 0 Å². The number of aryl methyl sites for hydroxylation is 1. The van der Waals surface area contributed by atoms with Gasteiger partial charge in [-0.15, -0.1) is 34.5 Å². The number of benzene rings is 2. The van der Waals surface area contributed by atoms with Crippen LogP contribution in [0.15, 0.2) is 42.5 Å². The van der Waals surface area contributed by atoms with Crippen molar-refractivity contribution in [3.63, 3.8) is 0 Å². The maximum atomic E-state index is 4.93. The molecule has 162 valence electrons. The molecule has 0 atom stereocenters. The van der Waals surface area contributed by atoms with E-state index in [2.05, 4.69) is 105 Å². The summed E-state index contributed by atoms with van der Waals surface area (Å²) in [5, 5.41) is 2.75. The Balaban J connectivity index is 0.00000101. The fourth-order valence-corrected chi connectivity index (χ4v) is 3.77. The summed E-state index contributed by atoms with van der Waals surface area (Å²) in [6, 6.07) is 16.6. The summed E-state index contributed by atoms with van der Waals surface area (Å²) in [6.07, 6.45) is 0. The fraction of sp³-hybridized carbons (Fsp3) is 0.444. The fourth-order valence-electron chi connectivity index (χ4n) is 3.77. The van der Waals surface area contributed by atoms with E-state index in [0.29, 0.717) is 5.92 Å². The summed E-state index contributed by atoms with van der Waals surface area (Å²) in [5.41, 5.74) is 8.63. The standard InChI is InChI=1S/C27H35.2ClH.Zr/c1-17(2)20-12-19-11-10-18(3)25(24(19)15-20)21-13-22(26(4,5)6)16-23(14-21)27(7,8)9;;;/h10-17H,1-9H3;2*1H;/q-1;;;+2/p-2. The van der Waals surface area contributed by atoms with E-state index in [-0.39, 0.29) is 10.8 Å². The third kappa shape index (κ3) is 6.06. The molecular formula is C27H35Cl2Zr-. The van der Waals surface area contributed by atoms with Crippen LogP contribution in [0.3, 0.4) is 0 Å². The van der Waals surface area contributed by atoms with Gasteiger partial charge in [-0.25, -0.2) is 0 Å². The molecular weight excluding hydrogens is 486 g/mol. The summed E-state index contributed by atoms with van der Waals surface area (Å²) in [4.78, 5) is 0. The first-order valence-electron chi connectivity index (χ1n) is 10.6. The minimum absolute atomic E-state index is 0.132. The molecule has 0 fully saturated rings. The first kappa shape index (κ1) is 25.8. The summed E-state index contributed by atoms with van der Waals surface area (Å²) in [5.74, 6) is 0.552. The van der Waals surface area contributed by atoms with Crippen LogP contribution in [0.5, 0.6) is 0 Å². The van der Waals surface area contributed by atoms with Gasteiger partial charge in [0.1, 0.15) is 0 Å². The predicted octanol–water partition coefficient (Wildman–Crippen LogP) is 9.63. The van der Waals surface area contributed by atoms with Gasteiger partial charge < -0.3 is 0 Å². The van der Waals surface area contributed by atoms with Crippen molar-refractivity contribution in [2.24, 2.45) is 0 Å². The Morgan fingerprint density at radius 1 is 0.833 bits per heavy atom. The normalized spacial score (nSPS) is 12.1. The van der Waals surface area contributed by atoms with Crippen LogP contribution >= 0.6 is 17.0 Å². The van der Waals surface area contributed by atoms with Crippen molar-refractivity contribution in [1.29, 1.82) is 0 Å². The second-order valence-corrected chi connectivity index (χ2v) is 14.3. The molecule has 0 amide bonds. The van der Waals surface area contributed by atoms with E-state index in [1.54, 1.807) is 0 Å². The van der Waals surface area contributed by atoms with Crippen molar-refractivity contribution >= 4 is 27.8 Å². The molecule has 0 aliphatic heterocycles. The Kier molecular flexibility index (Phi) is 8.57. The summed E-state index contributed by atoms with van der Waals surface area (Å²) in [6.45, 7) is 20.7. The SMILES string of the molecule is Cc1ccc2[cH-]c(C(C)C)cc2c1-c1cc(C(C)(C)C)cc(C(C)(C)C)c1.[Cl][Zr][Cl]. The van der Waals surface area contributed by atoms with Crippen LogP contribution in [-0.4, -0.2) is 0 Å².